The number of anilines is 1. The van der Waals surface area contributed by atoms with Gasteiger partial charge in [-0.3, -0.25) is 19.4 Å². The summed E-state index contributed by atoms with van der Waals surface area (Å²) in [6, 6.07) is 11.2. The fraction of sp³-hybridized carbons (Fsp3) is 0.533. The van der Waals surface area contributed by atoms with Crippen molar-refractivity contribution in [3.05, 3.63) is 82.6 Å². The van der Waals surface area contributed by atoms with Gasteiger partial charge < -0.3 is 33.9 Å². The minimum Gasteiger partial charge on any atom is -0.496 e. The van der Waals surface area contributed by atoms with Gasteiger partial charge >= 0.3 is 17.9 Å². The normalized spacial score (nSPS) is 34.9. The van der Waals surface area contributed by atoms with Crippen molar-refractivity contribution in [1.82, 2.24) is 14.8 Å². The predicted molar refractivity (Wildman–Crippen MR) is 214 cm³/mol. The first-order valence-electron chi connectivity index (χ1n) is 20.3. The molecule has 302 valence electrons. The number of fused-ring (bicyclic) bond motifs is 6. The Morgan fingerprint density at radius 1 is 1.00 bits per heavy atom. The quantitative estimate of drug-likeness (QED) is 0.196. The van der Waals surface area contributed by atoms with E-state index in [1.165, 1.54) is 26.7 Å². The van der Waals surface area contributed by atoms with Crippen LogP contribution < -0.4 is 9.64 Å². The molecule has 9 rings (SSSR count). The second-order valence-corrected chi connectivity index (χ2v) is 17.2. The van der Waals surface area contributed by atoms with Crippen LogP contribution in [0.1, 0.15) is 68.8 Å². The zero-order valence-electron chi connectivity index (χ0n) is 34.0. The first-order chi connectivity index (χ1) is 27.4. The number of benzene rings is 2. The summed E-state index contributed by atoms with van der Waals surface area (Å²) in [7, 11) is 6.22. The number of esters is 3. The van der Waals surface area contributed by atoms with E-state index in [0.29, 0.717) is 50.2 Å². The number of nitrogens with zero attached hydrogens (tertiary/aromatic N) is 3. The van der Waals surface area contributed by atoms with Crippen LogP contribution in [0.25, 0.3) is 10.9 Å². The van der Waals surface area contributed by atoms with Crippen LogP contribution in [-0.4, -0.2) is 116 Å². The second kappa shape index (κ2) is 13.2. The van der Waals surface area contributed by atoms with Crippen LogP contribution in [0.5, 0.6) is 5.75 Å². The Hall–Kier alpha value is -4.65. The third-order valence-electron chi connectivity index (χ3n) is 14.8. The number of hydrogen-bond acceptors (Lipinski definition) is 11. The number of likely N-dealkylation sites (N-methyl/N-ethyl adjacent to an activating group) is 1. The minimum absolute atomic E-state index is 0.0284. The molecule has 1 spiro atoms. The highest BCUT2D eigenvalue weighted by Crippen LogP contribution is 2.68. The largest absolute Gasteiger partial charge is 0.496 e. The van der Waals surface area contributed by atoms with Gasteiger partial charge in [-0.1, -0.05) is 55.8 Å². The Morgan fingerprint density at radius 3 is 2.47 bits per heavy atom. The number of carbonyl (C=O) groups excluding carboxylic acids is 3. The Bertz CT molecular complexity index is 2250. The van der Waals surface area contributed by atoms with E-state index >= 15 is 4.79 Å². The maximum absolute atomic E-state index is 15.2. The highest BCUT2D eigenvalue weighted by atomic mass is 16.6. The van der Waals surface area contributed by atoms with Gasteiger partial charge in [-0.15, -0.1) is 0 Å². The van der Waals surface area contributed by atoms with E-state index in [1.54, 1.807) is 7.11 Å². The smallest absolute Gasteiger partial charge is 0.344 e. The SMILES string of the molecule is CCC1=CC2CN(C1)Cc1c([nH]c3ccccc13)[C@@](C(=O)OC)(c1cc3c(cc1OC)N(C)[C@H]1C(O)(C(=O)OC)[C@H](OC(C)=O)[C@]4(CC)C=CCN5CC[C@]31[C@@H]54)C2. The van der Waals surface area contributed by atoms with Gasteiger partial charge in [-0.05, 0) is 61.4 Å². The molecule has 3 aromatic rings. The summed E-state index contributed by atoms with van der Waals surface area (Å²) in [5, 5.41) is 14.4. The van der Waals surface area contributed by atoms with E-state index < -0.39 is 45.9 Å². The molecule has 1 saturated heterocycles. The lowest BCUT2D eigenvalue weighted by Crippen LogP contribution is -2.81. The van der Waals surface area contributed by atoms with E-state index in [2.05, 4.69) is 58.1 Å². The predicted octanol–water partition coefficient (Wildman–Crippen LogP) is 4.75. The summed E-state index contributed by atoms with van der Waals surface area (Å²) in [5.41, 5.74) is 1.05. The van der Waals surface area contributed by atoms with E-state index in [-0.39, 0.29) is 17.9 Å². The van der Waals surface area contributed by atoms with Gasteiger partial charge in [-0.25, -0.2) is 4.79 Å². The zero-order valence-corrected chi connectivity index (χ0v) is 34.0. The molecule has 6 aliphatic rings. The van der Waals surface area contributed by atoms with Gasteiger partial charge in [-0.2, -0.15) is 0 Å². The van der Waals surface area contributed by atoms with Crippen LogP contribution in [0.3, 0.4) is 0 Å². The molecular weight excluding hydrogens is 725 g/mol. The Labute approximate surface area is 333 Å². The van der Waals surface area contributed by atoms with Gasteiger partial charge in [0.1, 0.15) is 11.2 Å². The van der Waals surface area contributed by atoms with E-state index in [0.717, 1.165) is 52.9 Å². The van der Waals surface area contributed by atoms with E-state index in [4.69, 9.17) is 18.9 Å². The Kier molecular flexibility index (Phi) is 8.77. The average Bonchev–Trinajstić information content (AvgIpc) is 3.87. The summed E-state index contributed by atoms with van der Waals surface area (Å²) in [5.74, 6) is -1.31. The third kappa shape index (κ3) is 4.80. The molecule has 0 amide bonds. The van der Waals surface area contributed by atoms with Crippen molar-refractivity contribution in [1.29, 1.82) is 0 Å². The van der Waals surface area contributed by atoms with Crippen molar-refractivity contribution in [2.24, 2.45) is 11.3 Å². The van der Waals surface area contributed by atoms with Crippen molar-refractivity contribution in [2.75, 3.05) is 59.5 Å². The second-order valence-electron chi connectivity index (χ2n) is 17.2. The molecule has 1 aromatic heterocycles. The average molecular weight is 779 g/mol. The number of hydrogen-bond donors (Lipinski definition) is 2. The molecule has 57 heavy (non-hydrogen) atoms. The number of carbonyl (C=O) groups is 3. The number of methoxy groups -OCH3 is 3. The number of H-pyrrole nitrogens is 1. The highest BCUT2D eigenvalue weighted by Gasteiger charge is 2.80. The molecule has 12 nitrogen and oxygen atoms in total. The molecule has 2 N–H and O–H groups in total. The Balaban J connectivity index is 1.37. The van der Waals surface area contributed by atoms with Crippen LogP contribution in [0, 0.1) is 11.3 Å². The zero-order chi connectivity index (χ0) is 40.2. The monoisotopic (exact) mass is 778 g/mol. The van der Waals surface area contributed by atoms with Crippen molar-refractivity contribution >= 4 is 34.5 Å². The molecule has 5 aliphatic heterocycles. The first kappa shape index (κ1) is 37.9. The number of nitrogens with one attached hydrogen (secondary N) is 1. The van der Waals surface area contributed by atoms with Gasteiger partial charge in [0.05, 0.1) is 27.4 Å². The van der Waals surface area contributed by atoms with Crippen molar-refractivity contribution < 1.29 is 38.4 Å². The first-order valence-corrected chi connectivity index (χ1v) is 20.3. The summed E-state index contributed by atoms with van der Waals surface area (Å²) in [6.07, 6.45) is 7.67. The Morgan fingerprint density at radius 2 is 1.77 bits per heavy atom. The molecular formula is C45H54N4O8. The van der Waals surface area contributed by atoms with Crippen LogP contribution in [0.15, 0.2) is 60.2 Å². The molecule has 3 unspecified atom stereocenters. The van der Waals surface area contributed by atoms with Crippen molar-refractivity contribution in [3.8, 4) is 5.75 Å². The fourth-order valence-corrected chi connectivity index (χ4v) is 12.8. The maximum atomic E-state index is 15.2. The number of aromatic amines is 1. The lowest BCUT2D eigenvalue weighted by Gasteiger charge is -2.63. The standard InChI is InChI=1S/C45H54N4O8/c1-8-27-19-28-22-44(40(51)55-6,36-30(25-48(23-27)24-28)29-13-10-11-14-33(29)46-36)32-20-31-34(21-35(32)54-5)47(4)38-43(31)16-18-49-17-12-15-42(9-2,37(43)49)39(57-26(3)50)45(38,53)41(52)56-7/h10-15,19-21,28,37-39,46,53H,8-9,16-18,22-25H2,1-7H3/t28?,37-,38+,39+,42+,43+,44-,45?/m0/s1. The summed E-state index contributed by atoms with van der Waals surface area (Å²) < 4.78 is 23.9. The summed E-state index contributed by atoms with van der Waals surface area (Å²) in [6.45, 7) is 9.19. The number of rotatable bonds is 7. The molecule has 1 saturated carbocycles. The molecule has 2 aromatic carbocycles. The maximum Gasteiger partial charge on any atom is 0.344 e. The van der Waals surface area contributed by atoms with E-state index in [9.17, 15) is 14.7 Å². The van der Waals surface area contributed by atoms with Crippen LogP contribution >= 0.6 is 0 Å². The molecule has 9 atom stereocenters. The molecule has 1 aliphatic carbocycles. The van der Waals surface area contributed by atoms with Gasteiger partial charge in [0.2, 0.25) is 5.60 Å². The van der Waals surface area contributed by atoms with Crippen molar-refractivity contribution in [3.63, 3.8) is 0 Å². The minimum atomic E-state index is -2.27. The molecule has 2 fully saturated rings. The summed E-state index contributed by atoms with van der Waals surface area (Å²) >= 11 is 0. The highest BCUT2D eigenvalue weighted by molar-refractivity contribution is 5.95. The molecule has 2 bridgehead atoms. The van der Waals surface area contributed by atoms with Crippen molar-refractivity contribution in [2.45, 2.75) is 87.6 Å². The summed E-state index contributed by atoms with van der Waals surface area (Å²) in [4.78, 5) is 53.1. The number of ether oxygens (including phenoxy) is 4. The lowest BCUT2D eigenvalue weighted by atomic mass is 9.47. The number of aliphatic hydroxyl groups is 1. The van der Waals surface area contributed by atoms with Gasteiger partial charge in [0.15, 0.2) is 6.10 Å². The van der Waals surface area contributed by atoms with Crippen LogP contribution in [0.2, 0.25) is 0 Å². The molecule has 0 radical (unpaired) electrons. The van der Waals surface area contributed by atoms with E-state index in [1.807, 2.05) is 37.1 Å². The molecule has 12 heteroatoms. The third-order valence-corrected chi connectivity index (χ3v) is 14.8. The molecule has 6 heterocycles. The number of para-hydroxylation sites is 1. The van der Waals surface area contributed by atoms with Gasteiger partial charge in [0, 0.05) is 90.9 Å². The topological polar surface area (TPSA) is 134 Å². The number of aromatic nitrogens is 1. The lowest BCUT2D eigenvalue weighted by molar-refractivity contribution is -0.228. The van der Waals surface area contributed by atoms with Gasteiger partial charge in [0.25, 0.3) is 0 Å². The van der Waals surface area contributed by atoms with Crippen LogP contribution in [0.4, 0.5) is 5.69 Å². The van der Waals surface area contributed by atoms with Crippen LogP contribution in [-0.2, 0) is 46.0 Å². The fourth-order valence-electron chi connectivity index (χ4n) is 12.8.